The number of nitrogens with one attached hydrogen (secondary N) is 1. The van der Waals surface area contributed by atoms with Crippen molar-refractivity contribution in [3.05, 3.63) is 42.5 Å². The van der Waals surface area contributed by atoms with Crippen molar-refractivity contribution in [2.45, 2.75) is 35.9 Å². The second-order valence-corrected chi connectivity index (χ2v) is 14.3. The van der Waals surface area contributed by atoms with E-state index in [-0.39, 0.29) is 42.0 Å². The monoisotopic (exact) mass is 592 g/mol. The lowest BCUT2D eigenvalue weighted by molar-refractivity contribution is -0.134. The van der Waals surface area contributed by atoms with Gasteiger partial charge in [-0.15, -0.1) is 23.7 Å². The van der Waals surface area contributed by atoms with Gasteiger partial charge in [0.05, 0.1) is 5.75 Å². The van der Waals surface area contributed by atoms with Crippen LogP contribution in [-0.2, 0) is 24.8 Å². The van der Waals surface area contributed by atoms with Crippen molar-refractivity contribution < 1.29 is 26.8 Å². The van der Waals surface area contributed by atoms with Crippen LogP contribution in [0.25, 0.3) is 10.4 Å². The molecule has 0 radical (unpaired) electrons. The number of hydrogen-bond donors (Lipinski definition) is 2. The average molecular weight is 593 g/mol. The van der Waals surface area contributed by atoms with Crippen LogP contribution in [0.2, 0.25) is 0 Å². The first-order valence-electron chi connectivity index (χ1n) is 12.0. The molecule has 2 aliphatic heterocycles. The zero-order valence-corrected chi connectivity index (χ0v) is 23.6. The van der Waals surface area contributed by atoms with Crippen LogP contribution in [-0.4, -0.2) is 92.5 Å². The number of likely N-dealkylation sites (tertiary alicyclic amines) is 1. The molecule has 1 amide bonds. The van der Waals surface area contributed by atoms with Crippen molar-refractivity contribution in [3.63, 3.8) is 0 Å². The predicted octanol–water partition coefficient (Wildman–Crippen LogP) is 2.22. The molecule has 2 N–H and O–H groups in total. The van der Waals surface area contributed by atoms with Gasteiger partial charge in [0, 0.05) is 24.5 Å². The fraction of sp³-hybridized carbons (Fsp3) is 0.522. The van der Waals surface area contributed by atoms with Gasteiger partial charge < -0.3 is 4.90 Å². The third-order valence-electron chi connectivity index (χ3n) is 6.63. The molecule has 0 saturated carbocycles. The fourth-order valence-corrected chi connectivity index (χ4v) is 9.18. The number of piperazine rings is 1. The first-order chi connectivity index (χ1) is 17.2. The van der Waals surface area contributed by atoms with Gasteiger partial charge in [0.15, 0.2) is 0 Å². The molecule has 2 saturated heterocycles. The second kappa shape index (κ2) is 13.0. The summed E-state index contributed by atoms with van der Waals surface area (Å²) in [5, 5.41) is 9.28. The number of amides is 1. The van der Waals surface area contributed by atoms with Crippen molar-refractivity contribution in [1.29, 1.82) is 0 Å². The van der Waals surface area contributed by atoms with E-state index in [1.165, 1.54) is 22.3 Å². The second-order valence-electron chi connectivity index (χ2n) is 9.02. The van der Waals surface area contributed by atoms with E-state index in [4.69, 9.17) is 0 Å². The van der Waals surface area contributed by atoms with E-state index in [2.05, 4.69) is 4.90 Å². The van der Waals surface area contributed by atoms with E-state index in [0.717, 1.165) is 52.0 Å². The molecule has 206 valence electrons. The van der Waals surface area contributed by atoms with Gasteiger partial charge in [-0.1, -0.05) is 36.8 Å². The molecular formula is C23H33ClN4O6S3. The van der Waals surface area contributed by atoms with E-state index < -0.39 is 32.0 Å². The molecule has 3 heterocycles. The number of halogens is 1. The van der Waals surface area contributed by atoms with Crippen LogP contribution >= 0.6 is 23.7 Å². The number of thiophene rings is 1. The summed E-state index contributed by atoms with van der Waals surface area (Å²) in [7, 11) is -7.80. The molecule has 37 heavy (non-hydrogen) atoms. The van der Waals surface area contributed by atoms with Gasteiger partial charge >= 0.3 is 0 Å². The number of benzene rings is 1. The molecule has 10 nitrogen and oxygen atoms in total. The van der Waals surface area contributed by atoms with Crippen LogP contribution < -0.4 is 5.48 Å². The normalized spacial score (nSPS) is 20.3. The van der Waals surface area contributed by atoms with Crippen molar-refractivity contribution in [3.8, 4) is 10.4 Å². The highest BCUT2D eigenvalue weighted by Crippen LogP contribution is 2.33. The molecule has 0 unspecified atom stereocenters. The molecule has 1 aromatic heterocycles. The van der Waals surface area contributed by atoms with Gasteiger partial charge in [-0.05, 0) is 56.6 Å². The first kappa shape index (κ1) is 30.0. The molecule has 0 spiro atoms. The Labute approximate surface area is 228 Å². The summed E-state index contributed by atoms with van der Waals surface area (Å²) in [6, 6.07) is 11.1. The Hall–Kier alpha value is -1.58. The number of nitrogens with zero attached hydrogens (tertiary/aromatic N) is 3. The molecular weight excluding hydrogens is 560 g/mol. The molecule has 2 aromatic rings. The standard InChI is InChI=1S/C23H32N4O6S3.ClH/c28-23(24-29)20-18-26(35(30,31)17-7-14-25-12-5-2-6-13-25)15-16-27(20)36(32,33)22-11-10-21(34-22)19-8-3-1-4-9-19;/h1,3-4,8-11,20,29H,2,5-7,12-18H2,(H,24,28);1H/t20-;/m1./s1. The Kier molecular flexibility index (Phi) is 10.5. The van der Waals surface area contributed by atoms with Crippen LogP contribution in [0.4, 0.5) is 0 Å². The summed E-state index contributed by atoms with van der Waals surface area (Å²) in [5.41, 5.74) is 2.38. The Bertz CT molecular complexity index is 1250. The Balaban J connectivity index is 0.00000380. The van der Waals surface area contributed by atoms with E-state index >= 15 is 0 Å². The zero-order valence-electron chi connectivity index (χ0n) is 20.4. The number of carbonyl (C=O) groups is 1. The van der Waals surface area contributed by atoms with Crippen molar-refractivity contribution in [2.75, 3.05) is 45.0 Å². The number of hydroxylamine groups is 1. The van der Waals surface area contributed by atoms with Crippen molar-refractivity contribution in [1.82, 2.24) is 19.0 Å². The van der Waals surface area contributed by atoms with E-state index in [1.54, 1.807) is 6.07 Å². The topological polar surface area (TPSA) is 127 Å². The Morgan fingerprint density at radius 2 is 1.68 bits per heavy atom. The average Bonchev–Trinajstić information content (AvgIpc) is 3.40. The lowest BCUT2D eigenvalue weighted by atomic mass is 10.1. The summed E-state index contributed by atoms with van der Waals surface area (Å²) in [6.45, 7) is 2.04. The van der Waals surface area contributed by atoms with Gasteiger partial charge in [0.1, 0.15) is 10.3 Å². The van der Waals surface area contributed by atoms with Crippen molar-refractivity contribution in [2.24, 2.45) is 0 Å². The largest absolute Gasteiger partial charge is 0.303 e. The van der Waals surface area contributed by atoms with E-state index in [9.17, 15) is 26.8 Å². The highest BCUT2D eigenvalue weighted by molar-refractivity contribution is 7.91. The highest BCUT2D eigenvalue weighted by atomic mass is 35.5. The lowest BCUT2D eigenvalue weighted by Gasteiger charge is -2.38. The minimum atomic E-state index is -4.10. The quantitative estimate of drug-likeness (QED) is 0.338. The third-order valence-corrected chi connectivity index (χ3v) is 12.1. The highest BCUT2D eigenvalue weighted by Gasteiger charge is 2.43. The first-order valence-corrected chi connectivity index (χ1v) is 15.9. The number of piperidine rings is 1. The minimum Gasteiger partial charge on any atom is -0.303 e. The van der Waals surface area contributed by atoms with Gasteiger partial charge in [-0.25, -0.2) is 22.3 Å². The number of sulfonamides is 2. The third kappa shape index (κ3) is 7.09. The Morgan fingerprint density at radius 3 is 2.35 bits per heavy atom. The summed E-state index contributed by atoms with van der Waals surface area (Å²) in [5.74, 6) is -1.04. The molecule has 2 fully saturated rings. The molecule has 0 aliphatic carbocycles. The van der Waals surface area contributed by atoms with E-state index in [0.29, 0.717) is 13.0 Å². The van der Waals surface area contributed by atoms with Crippen LogP contribution in [0.5, 0.6) is 0 Å². The maximum Gasteiger partial charge on any atom is 0.263 e. The molecule has 0 bridgehead atoms. The maximum atomic E-state index is 13.5. The van der Waals surface area contributed by atoms with Crippen LogP contribution in [0, 0.1) is 0 Å². The van der Waals surface area contributed by atoms with Crippen LogP contribution in [0.15, 0.2) is 46.7 Å². The summed E-state index contributed by atoms with van der Waals surface area (Å²) in [4.78, 5) is 15.5. The van der Waals surface area contributed by atoms with Gasteiger partial charge in [0.2, 0.25) is 10.0 Å². The van der Waals surface area contributed by atoms with Crippen LogP contribution in [0.1, 0.15) is 25.7 Å². The smallest absolute Gasteiger partial charge is 0.263 e. The van der Waals surface area contributed by atoms with Gasteiger partial charge in [-0.3, -0.25) is 10.0 Å². The summed E-state index contributed by atoms with van der Waals surface area (Å²) in [6.07, 6.45) is 3.92. The number of rotatable bonds is 9. The predicted molar refractivity (Wildman–Crippen MR) is 145 cm³/mol. The molecule has 1 atom stereocenters. The lowest BCUT2D eigenvalue weighted by Crippen LogP contribution is -2.61. The zero-order chi connectivity index (χ0) is 25.8. The molecule has 2 aliphatic rings. The van der Waals surface area contributed by atoms with Gasteiger partial charge in [-0.2, -0.15) is 8.61 Å². The number of carbonyl (C=O) groups excluding carboxylic acids is 1. The fourth-order valence-electron chi connectivity index (χ4n) is 4.68. The van der Waals surface area contributed by atoms with Crippen LogP contribution in [0.3, 0.4) is 0 Å². The SMILES string of the molecule is Cl.O=C(NO)[C@H]1CN(S(=O)(=O)CCCN2CCCCC2)CCN1S(=O)(=O)c1ccc(-c2ccccc2)s1. The Morgan fingerprint density at radius 1 is 0.973 bits per heavy atom. The van der Waals surface area contributed by atoms with Gasteiger partial charge in [0.25, 0.3) is 15.9 Å². The molecule has 4 rings (SSSR count). The van der Waals surface area contributed by atoms with Crippen molar-refractivity contribution >= 4 is 49.7 Å². The maximum absolute atomic E-state index is 13.5. The molecule has 1 aromatic carbocycles. The van der Waals surface area contributed by atoms with E-state index in [1.807, 2.05) is 30.3 Å². The molecule has 14 heteroatoms. The minimum absolute atomic E-state index is 0. The summed E-state index contributed by atoms with van der Waals surface area (Å²) < 4.78 is 55.2. The summed E-state index contributed by atoms with van der Waals surface area (Å²) >= 11 is 1.08. The number of hydrogen-bond acceptors (Lipinski definition) is 8.